The number of rotatable bonds is 2. The Morgan fingerprint density at radius 2 is 1.85 bits per heavy atom. The molecule has 1 aromatic rings. The van der Waals surface area contributed by atoms with Crippen LogP contribution in [0, 0.1) is 17.7 Å². The first-order valence-corrected chi connectivity index (χ1v) is 5.79. The second-order valence-electron chi connectivity index (χ2n) is 3.96. The van der Waals surface area contributed by atoms with Gasteiger partial charge in [-0.1, -0.05) is 12.3 Å². The molecule has 0 saturated carbocycles. The van der Waals surface area contributed by atoms with Gasteiger partial charge in [0.05, 0.1) is 18.7 Å². The maximum Gasteiger partial charge on any atom is 0.122 e. The van der Waals surface area contributed by atoms with E-state index in [1.807, 2.05) is 0 Å². The van der Waals surface area contributed by atoms with E-state index in [1.165, 1.54) is 18.1 Å². The molecule has 0 unspecified atom stereocenters. The second-order valence-corrected chi connectivity index (χ2v) is 4.36. The molecule has 0 aliphatic carbocycles. The number of ether oxygens (including phenoxy) is 1. The molecule has 6 heteroatoms. The monoisotopic (exact) mass is 371 g/mol. The molecule has 0 aromatic heterocycles. The van der Waals surface area contributed by atoms with Crippen LogP contribution in [0.2, 0.25) is 0 Å². The van der Waals surface area contributed by atoms with E-state index in [0.29, 0.717) is 10.7 Å². The van der Waals surface area contributed by atoms with E-state index in [9.17, 15) is 8.78 Å². The molecule has 2 rings (SSSR count). The SMILES string of the molecule is C=C1C(Cl)=C[C-]=C(c2c(F)cc(OC)cc2F)N1C.[Y]. The molecule has 1 aromatic carbocycles. The van der Waals surface area contributed by atoms with E-state index in [4.69, 9.17) is 16.3 Å². The third kappa shape index (κ3) is 3.13. The fourth-order valence-corrected chi connectivity index (χ4v) is 1.92. The predicted octanol–water partition coefficient (Wildman–Crippen LogP) is 3.70. The smallest absolute Gasteiger partial charge is 0.122 e. The Hall–Kier alpha value is -0.706. The Balaban J connectivity index is 0.00000200. The summed E-state index contributed by atoms with van der Waals surface area (Å²) in [5.41, 5.74) is 0.488. The largest absolute Gasteiger partial charge is 0.497 e. The zero-order valence-electron chi connectivity index (χ0n) is 11.0. The molecule has 103 valence electrons. The fraction of sp³-hybridized carbons (Fsp3) is 0.143. The van der Waals surface area contributed by atoms with Crippen LogP contribution >= 0.6 is 11.6 Å². The third-order valence-electron chi connectivity index (χ3n) is 2.84. The van der Waals surface area contributed by atoms with Crippen LogP contribution in [0.25, 0.3) is 5.70 Å². The number of nitrogens with zero attached hydrogens (tertiary/aromatic N) is 1. The number of methoxy groups -OCH3 is 1. The Kier molecular flexibility index (Phi) is 5.93. The minimum absolute atomic E-state index is 0. The number of benzene rings is 1. The molecule has 0 fully saturated rings. The van der Waals surface area contributed by atoms with Crippen LogP contribution in [-0.4, -0.2) is 19.1 Å². The Morgan fingerprint density at radius 1 is 1.30 bits per heavy atom. The Bertz CT molecular complexity index is 590. The van der Waals surface area contributed by atoms with Crippen molar-refractivity contribution in [2.75, 3.05) is 14.2 Å². The van der Waals surface area contributed by atoms with Gasteiger partial charge in [-0.3, -0.25) is 0 Å². The molecular weight excluding hydrogens is 361 g/mol. The van der Waals surface area contributed by atoms with Gasteiger partial charge in [0.25, 0.3) is 0 Å². The van der Waals surface area contributed by atoms with Crippen molar-refractivity contribution in [2.45, 2.75) is 0 Å². The van der Waals surface area contributed by atoms with E-state index in [1.54, 1.807) is 7.05 Å². The average molecular weight is 372 g/mol. The molecule has 0 saturated heterocycles. The number of halogens is 3. The minimum Gasteiger partial charge on any atom is -0.497 e. The summed E-state index contributed by atoms with van der Waals surface area (Å²) in [6.07, 6.45) is 4.18. The normalized spacial score (nSPS) is 14.4. The van der Waals surface area contributed by atoms with Crippen molar-refractivity contribution >= 4 is 17.3 Å². The topological polar surface area (TPSA) is 12.5 Å². The van der Waals surface area contributed by atoms with Gasteiger partial charge in [0.15, 0.2) is 0 Å². The van der Waals surface area contributed by atoms with Crippen LogP contribution in [0.5, 0.6) is 5.75 Å². The van der Waals surface area contributed by atoms with E-state index in [-0.39, 0.29) is 49.7 Å². The molecule has 1 aliphatic heterocycles. The van der Waals surface area contributed by atoms with Crippen molar-refractivity contribution in [2.24, 2.45) is 0 Å². The van der Waals surface area contributed by atoms with E-state index >= 15 is 0 Å². The number of hydrogen-bond acceptors (Lipinski definition) is 2. The number of likely N-dealkylation sites (N-methyl/N-ethyl adjacent to an activating group) is 1. The summed E-state index contributed by atoms with van der Waals surface area (Å²) in [6.45, 7) is 3.74. The average Bonchev–Trinajstić information content (AvgIpc) is 2.37. The van der Waals surface area contributed by atoms with Crippen molar-refractivity contribution in [1.82, 2.24) is 4.90 Å². The second kappa shape index (κ2) is 6.83. The Morgan fingerprint density at radius 3 is 2.35 bits per heavy atom. The number of hydrogen-bond donors (Lipinski definition) is 0. The zero-order valence-corrected chi connectivity index (χ0v) is 14.6. The van der Waals surface area contributed by atoms with E-state index < -0.39 is 11.6 Å². The van der Waals surface area contributed by atoms with Gasteiger partial charge in [0.2, 0.25) is 0 Å². The molecule has 0 N–H and O–H groups in total. The predicted molar refractivity (Wildman–Crippen MR) is 70.4 cm³/mol. The molecular formula is C14H11ClF2NOY-. The van der Waals surface area contributed by atoms with Crippen LogP contribution in [-0.2, 0) is 32.7 Å². The van der Waals surface area contributed by atoms with Gasteiger partial charge in [0.1, 0.15) is 5.75 Å². The van der Waals surface area contributed by atoms with Gasteiger partial charge < -0.3 is 9.64 Å². The van der Waals surface area contributed by atoms with Crippen molar-refractivity contribution in [3.8, 4) is 5.75 Å². The molecule has 0 atom stereocenters. The molecule has 20 heavy (non-hydrogen) atoms. The summed E-state index contributed by atoms with van der Waals surface area (Å²) < 4.78 is 32.8. The van der Waals surface area contributed by atoms with Crippen LogP contribution in [0.15, 0.2) is 35.5 Å². The van der Waals surface area contributed by atoms with E-state index in [2.05, 4.69) is 12.7 Å². The summed E-state index contributed by atoms with van der Waals surface area (Å²) in [7, 11) is 2.96. The van der Waals surface area contributed by atoms with Crippen LogP contribution in [0.4, 0.5) is 8.78 Å². The maximum atomic E-state index is 14.0. The van der Waals surface area contributed by atoms with Crippen LogP contribution < -0.4 is 4.74 Å². The minimum atomic E-state index is -0.731. The van der Waals surface area contributed by atoms with Gasteiger partial charge in [0, 0.05) is 51.9 Å². The first-order valence-electron chi connectivity index (χ1n) is 5.41. The van der Waals surface area contributed by atoms with Gasteiger partial charge in [-0.25, -0.2) is 8.78 Å². The Labute approximate surface area is 146 Å². The van der Waals surface area contributed by atoms with E-state index in [0.717, 1.165) is 12.1 Å². The summed E-state index contributed by atoms with van der Waals surface area (Å²) >= 11 is 5.88. The molecule has 1 aliphatic rings. The zero-order chi connectivity index (χ0) is 14.2. The summed E-state index contributed by atoms with van der Waals surface area (Å²) in [6, 6.07) is 2.23. The van der Waals surface area contributed by atoms with Gasteiger partial charge in [-0.15, -0.1) is 0 Å². The molecule has 0 amide bonds. The maximum absolute atomic E-state index is 14.0. The quantitative estimate of drug-likeness (QED) is 0.735. The fourth-order valence-electron chi connectivity index (χ4n) is 1.74. The molecule has 2 nitrogen and oxygen atoms in total. The molecule has 1 heterocycles. The van der Waals surface area contributed by atoms with Crippen LogP contribution in [0.3, 0.4) is 0 Å². The van der Waals surface area contributed by atoms with Gasteiger partial charge in [-0.2, -0.15) is 23.8 Å². The van der Waals surface area contributed by atoms with Crippen molar-refractivity contribution in [1.29, 1.82) is 0 Å². The summed E-state index contributed by atoms with van der Waals surface area (Å²) in [5.74, 6) is -1.35. The van der Waals surface area contributed by atoms with Gasteiger partial charge in [-0.05, 0) is 16.3 Å². The molecule has 0 bridgehead atoms. The first-order chi connectivity index (χ1) is 8.95. The van der Waals surface area contributed by atoms with Crippen LogP contribution in [0.1, 0.15) is 5.56 Å². The van der Waals surface area contributed by atoms with Crippen molar-refractivity contribution in [3.05, 3.63) is 58.8 Å². The van der Waals surface area contributed by atoms with Gasteiger partial charge >= 0.3 is 0 Å². The van der Waals surface area contributed by atoms with Crippen molar-refractivity contribution < 1.29 is 46.2 Å². The third-order valence-corrected chi connectivity index (χ3v) is 3.17. The first kappa shape index (κ1) is 17.3. The standard InChI is InChI=1S/C14H11ClF2NO.Y/c1-8-10(15)4-5-13(18(8)2)14-11(16)6-9(19-3)7-12(14)17;/h4,6-7H,1H2,2-3H3;/q-1;. The summed E-state index contributed by atoms with van der Waals surface area (Å²) in [5, 5.41) is 0.376. The summed E-state index contributed by atoms with van der Waals surface area (Å²) in [4.78, 5) is 1.48. The number of allylic oxidation sites excluding steroid dienone is 3. The molecule has 1 radical (unpaired) electrons. The molecule has 0 spiro atoms. The van der Waals surface area contributed by atoms with Crippen molar-refractivity contribution in [3.63, 3.8) is 0 Å².